The highest BCUT2D eigenvalue weighted by molar-refractivity contribution is 6.04. The highest BCUT2D eigenvalue weighted by Crippen LogP contribution is 2.23. The molecule has 1 amide bonds. The first kappa shape index (κ1) is 18.2. The predicted molar refractivity (Wildman–Crippen MR) is 112 cm³/mol. The Labute approximate surface area is 163 Å². The summed E-state index contributed by atoms with van der Waals surface area (Å²) in [5.41, 5.74) is 2.60. The molecule has 5 nitrogen and oxygen atoms in total. The summed E-state index contributed by atoms with van der Waals surface area (Å²) in [6.07, 6.45) is 0.775. The fourth-order valence-corrected chi connectivity index (χ4v) is 3.51. The Hall–Kier alpha value is -3.18. The Morgan fingerprint density at radius 3 is 2.61 bits per heavy atom. The monoisotopic (exact) mass is 373 g/mol. The molecule has 5 heteroatoms. The maximum atomic E-state index is 12.7. The minimum atomic E-state index is -0.149. The van der Waals surface area contributed by atoms with Crippen LogP contribution < -0.4 is 5.32 Å². The van der Waals surface area contributed by atoms with Crippen molar-refractivity contribution in [3.05, 3.63) is 78.0 Å². The number of para-hydroxylation sites is 1. The number of methoxy groups -OCH3 is 1. The van der Waals surface area contributed by atoms with Gasteiger partial charge in [-0.2, -0.15) is 5.10 Å². The third kappa shape index (κ3) is 3.62. The summed E-state index contributed by atoms with van der Waals surface area (Å²) in [6, 6.07) is 22.5. The van der Waals surface area contributed by atoms with Crippen molar-refractivity contribution in [2.45, 2.75) is 13.0 Å². The maximum absolute atomic E-state index is 12.7. The minimum absolute atomic E-state index is 0.149. The Morgan fingerprint density at radius 1 is 1.00 bits per heavy atom. The van der Waals surface area contributed by atoms with Gasteiger partial charge < -0.3 is 10.1 Å². The van der Waals surface area contributed by atoms with Crippen molar-refractivity contribution >= 4 is 27.6 Å². The molecule has 3 aromatic carbocycles. The van der Waals surface area contributed by atoms with Gasteiger partial charge in [0.05, 0.1) is 12.1 Å². The van der Waals surface area contributed by atoms with Crippen LogP contribution in [0.4, 0.5) is 0 Å². The van der Waals surface area contributed by atoms with Gasteiger partial charge in [-0.25, -0.2) is 0 Å². The van der Waals surface area contributed by atoms with Crippen LogP contribution in [0.5, 0.6) is 0 Å². The molecule has 0 saturated heterocycles. The third-order valence-corrected chi connectivity index (χ3v) is 4.88. The Kier molecular flexibility index (Phi) is 5.35. The quantitative estimate of drug-likeness (QED) is 0.498. The largest absolute Gasteiger partial charge is 0.385 e. The lowest BCUT2D eigenvalue weighted by molar-refractivity contribution is 0.0944. The van der Waals surface area contributed by atoms with Crippen molar-refractivity contribution in [1.29, 1.82) is 0 Å². The molecule has 28 heavy (non-hydrogen) atoms. The lowest BCUT2D eigenvalue weighted by Crippen LogP contribution is -2.26. The number of carbonyl (C=O) groups excluding carboxylic acids is 1. The van der Waals surface area contributed by atoms with Gasteiger partial charge in [0.15, 0.2) is 5.69 Å². The summed E-state index contributed by atoms with van der Waals surface area (Å²) in [4.78, 5) is 12.7. The number of carbonyl (C=O) groups is 1. The van der Waals surface area contributed by atoms with E-state index in [2.05, 4.69) is 40.7 Å². The smallest absolute Gasteiger partial charge is 0.272 e. The van der Waals surface area contributed by atoms with E-state index in [9.17, 15) is 4.79 Å². The zero-order chi connectivity index (χ0) is 19.3. The van der Waals surface area contributed by atoms with E-state index in [4.69, 9.17) is 4.74 Å². The molecule has 0 aliphatic heterocycles. The van der Waals surface area contributed by atoms with Crippen molar-refractivity contribution in [2.75, 3.05) is 20.3 Å². The first-order valence-electron chi connectivity index (χ1n) is 9.47. The molecular formula is C23H23N3O2. The second-order valence-electron chi connectivity index (χ2n) is 6.76. The van der Waals surface area contributed by atoms with Crippen molar-refractivity contribution in [1.82, 2.24) is 15.1 Å². The van der Waals surface area contributed by atoms with Crippen LogP contribution in [0, 0.1) is 0 Å². The standard InChI is InChI=1S/C23H23N3O2/c1-28-15-7-14-24-23(27)22-20-12-4-5-13-21(20)26(25-22)16-18-10-6-9-17-8-2-3-11-19(17)18/h2-6,8-13H,7,14-16H2,1H3,(H,24,27). The highest BCUT2D eigenvalue weighted by Gasteiger charge is 2.17. The molecule has 0 spiro atoms. The SMILES string of the molecule is COCCCNC(=O)c1nn(Cc2cccc3ccccc23)c2ccccc12. The van der Waals surface area contributed by atoms with Crippen LogP contribution in [0.15, 0.2) is 66.7 Å². The second-order valence-corrected chi connectivity index (χ2v) is 6.76. The fraction of sp³-hybridized carbons (Fsp3) is 0.217. The first-order valence-corrected chi connectivity index (χ1v) is 9.47. The van der Waals surface area contributed by atoms with Crippen LogP contribution in [0.3, 0.4) is 0 Å². The maximum Gasteiger partial charge on any atom is 0.272 e. The number of hydrogen-bond donors (Lipinski definition) is 1. The number of aromatic nitrogens is 2. The van der Waals surface area contributed by atoms with Gasteiger partial charge >= 0.3 is 0 Å². The van der Waals surface area contributed by atoms with Gasteiger partial charge in [0.2, 0.25) is 0 Å². The van der Waals surface area contributed by atoms with Gasteiger partial charge in [-0.05, 0) is 28.8 Å². The molecule has 0 aliphatic rings. The summed E-state index contributed by atoms with van der Waals surface area (Å²) >= 11 is 0. The summed E-state index contributed by atoms with van der Waals surface area (Å²) in [6.45, 7) is 1.80. The molecule has 0 atom stereocenters. The minimum Gasteiger partial charge on any atom is -0.385 e. The molecule has 0 saturated carbocycles. The van der Waals surface area contributed by atoms with E-state index < -0.39 is 0 Å². The summed E-state index contributed by atoms with van der Waals surface area (Å²) in [7, 11) is 1.66. The molecule has 0 fully saturated rings. The summed E-state index contributed by atoms with van der Waals surface area (Å²) in [5.74, 6) is -0.149. The molecule has 1 aromatic heterocycles. The first-order chi connectivity index (χ1) is 13.8. The molecule has 4 rings (SSSR count). The predicted octanol–water partition coefficient (Wildman–Crippen LogP) is 4.00. The number of amides is 1. The molecule has 0 unspecified atom stereocenters. The number of nitrogens with one attached hydrogen (secondary N) is 1. The molecule has 4 aromatic rings. The number of fused-ring (bicyclic) bond motifs is 2. The summed E-state index contributed by atoms with van der Waals surface area (Å²) < 4.78 is 6.95. The van der Waals surface area contributed by atoms with Crippen molar-refractivity contribution in [3.8, 4) is 0 Å². The van der Waals surface area contributed by atoms with Gasteiger partial charge in [-0.3, -0.25) is 9.48 Å². The van der Waals surface area contributed by atoms with Crippen LogP contribution >= 0.6 is 0 Å². The lowest BCUT2D eigenvalue weighted by atomic mass is 10.0. The molecule has 0 bridgehead atoms. The van der Waals surface area contributed by atoms with E-state index in [-0.39, 0.29) is 5.91 Å². The van der Waals surface area contributed by atoms with Gasteiger partial charge in [0.1, 0.15) is 0 Å². The third-order valence-electron chi connectivity index (χ3n) is 4.88. The molecule has 0 aliphatic carbocycles. The molecule has 0 radical (unpaired) electrons. The van der Waals surface area contributed by atoms with Gasteiger partial charge in [-0.15, -0.1) is 0 Å². The molecular weight excluding hydrogens is 350 g/mol. The zero-order valence-corrected chi connectivity index (χ0v) is 15.9. The van der Waals surface area contributed by atoms with Gasteiger partial charge in [0, 0.05) is 25.6 Å². The second kappa shape index (κ2) is 8.23. The highest BCUT2D eigenvalue weighted by atomic mass is 16.5. The Balaban J connectivity index is 1.67. The topological polar surface area (TPSA) is 56.1 Å². The van der Waals surface area contributed by atoms with E-state index in [1.165, 1.54) is 16.3 Å². The van der Waals surface area contributed by atoms with Crippen LogP contribution in [0.2, 0.25) is 0 Å². The van der Waals surface area contributed by atoms with Crippen molar-refractivity contribution in [2.24, 2.45) is 0 Å². The summed E-state index contributed by atoms with van der Waals surface area (Å²) in [5, 5.41) is 10.9. The normalized spacial score (nSPS) is 11.2. The number of rotatable bonds is 7. The Bertz CT molecular complexity index is 1110. The Morgan fingerprint density at radius 2 is 1.75 bits per heavy atom. The molecule has 142 valence electrons. The van der Waals surface area contributed by atoms with E-state index in [1.807, 2.05) is 41.1 Å². The van der Waals surface area contributed by atoms with Crippen molar-refractivity contribution < 1.29 is 9.53 Å². The van der Waals surface area contributed by atoms with E-state index in [0.29, 0.717) is 25.4 Å². The number of ether oxygens (including phenoxy) is 1. The number of benzene rings is 3. The van der Waals surface area contributed by atoms with E-state index in [0.717, 1.165) is 17.3 Å². The molecule has 1 N–H and O–H groups in total. The zero-order valence-electron chi connectivity index (χ0n) is 15.9. The van der Waals surface area contributed by atoms with Gasteiger partial charge in [-0.1, -0.05) is 60.7 Å². The van der Waals surface area contributed by atoms with E-state index in [1.54, 1.807) is 7.11 Å². The van der Waals surface area contributed by atoms with Crippen LogP contribution in [-0.4, -0.2) is 35.9 Å². The lowest BCUT2D eigenvalue weighted by Gasteiger charge is -2.08. The van der Waals surface area contributed by atoms with E-state index >= 15 is 0 Å². The van der Waals surface area contributed by atoms with Crippen LogP contribution in [-0.2, 0) is 11.3 Å². The van der Waals surface area contributed by atoms with Gasteiger partial charge in [0.25, 0.3) is 5.91 Å². The number of nitrogens with zero attached hydrogens (tertiary/aromatic N) is 2. The average Bonchev–Trinajstić information content (AvgIpc) is 3.10. The van der Waals surface area contributed by atoms with Crippen molar-refractivity contribution in [3.63, 3.8) is 0 Å². The van der Waals surface area contributed by atoms with Crippen LogP contribution in [0.1, 0.15) is 22.5 Å². The fourth-order valence-electron chi connectivity index (χ4n) is 3.51. The molecule has 1 heterocycles. The average molecular weight is 373 g/mol. The number of hydrogen-bond acceptors (Lipinski definition) is 3. The van der Waals surface area contributed by atoms with Crippen LogP contribution in [0.25, 0.3) is 21.7 Å².